The third-order valence-electron chi connectivity index (χ3n) is 1.11. The average Bonchev–Trinajstić information content (AvgIpc) is 1.95. The van der Waals surface area contributed by atoms with E-state index in [1.54, 1.807) is 0 Å². The molecule has 0 spiro atoms. The van der Waals surface area contributed by atoms with Gasteiger partial charge in [-0.25, -0.2) is 4.39 Å². The Balaban J connectivity index is 3.01. The van der Waals surface area contributed by atoms with Crippen LogP contribution in [0.3, 0.4) is 0 Å². The van der Waals surface area contributed by atoms with Crippen molar-refractivity contribution in [2.24, 2.45) is 0 Å². The van der Waals surface area contributed by atoms with Crippen molar-refractivity contribution in [1.29, 1.82) is 5.26 Å². The molecule has 2 heteroatoms. The second kappa shape index (κ2) is 2.98. The van der Waals surface area contributed by atoms with Gasteiger partial charge in [0.15, 0.2) is 0 Å². The molecule has 50 valence electrons. The Hall–Kier alpha value is -1.36. The van der Waals surface area contributed by atoms with E-state index in [1.807, 2.05) is 6.07 Å². The molecular formula is C8H6FN. The monoisotopic (exact) mass is 136 g/mol. The highest BCUT2D eigenvalue weighted by atomic mass is 19.1. The quantitative estimate of drug-likeness (QED) is 0.578. The molecule has 0 saturated heterocycles. The lowest BCUT2D eigenvalue weighted by Crippen LogP contribution is -1.80. The minimum atomic E-state index is -0.434. The van der Waals surface area contributed by atoms with Gasteiger partial charge in [0.25, 0.3) is 0 Å². The van der Waals surface area contributed by atoms with Crippen LogP contribution in [0.25, 0.3) is 0 Å². The van der Waals surface area contributed by atoms with Gasteiger partial charge in [-0.1, -0.05) is 12.1 Å². The minimum Gasteiger partial charge on any atom is -0.207 e. The van der Waals surface area contributed by atoms with Crippen LogP contribution in [0.2, 0.25) is 0 Å². The van der Waals surface area contributed by atoms with Crippen molar-refractivity contribution in [2.45, 2.75) is 6.42 Å². The normalized spacial score (nSPS) is 10.2. The summed E-state index contributed by atoms with van der Waals surface area (Å²) in [7, 11) is 0. The maximum atomic E-state index is 12.4. The van der Waals surface area contributed by atoms with Gasteiger partial charge in [-0.15, -0.1) is 0 Å². The molecule has 0 amide bonds. The van der Waals surface area contributed by atoms with Gasteiger partial charge < -0.3 is 0 Å². The first-order chi connectivity index (χ1) is 5.24. The first kappa shape index (κ1) is 5.43. The van der Waals surface area contributed by atoms with Crippen molar-refractivity contribution < 1.29 is 5.76 Å². The molecular weight excluding hydrogens is 129 g/mol. The average molecular weight is 136 g/mol. The second-order valence-corrected chi connectivity index (χ2v) is 1.87. The van der Waals surface area contributed by atoms with Crippen molar-refractivity contribution in [2.75, 3.05) is 0 Å². The first-order valence-electron chi connectivity index (χ1n) is 3.36. The Labute approximate surface area is 60.1 Å². The molecule has 0 aliphatic carbocycles. The molecule has 0 aliphatic heterocycles. The number of halogens is 1. The van der Waals surface area contributed by atoms with E-state index >= 15 is 0 Å². The molecule has 0 aromatic heterocycles. The highest BCUT2D eigenvalue weighted by Crippen LogP contribution is 2.01. The molecule has 1 rings (SSSR count). The Morgan fingerprint density at radius 2 is 2.40 bits per heavy atom. The summed E-state index contributed by atoms with van der Waals surface area (Å²) in [5.41, 5.74) is 0.564. The molecule has 0 bridgehead atoms. The molecule has 0 N–H and O–H groups in total. The molecule has 1 aromatic carbocycles. The maximum Gasteiger partial charge on any atom is 0.123 e. The highest BCUT2D eigenvalue weighted by molar-refractivity contribution is 5.18. The summed E-state index contributed by atoms with van der Waals surface area (Å²) >= 11 is 0. The largest absolute Gasteiger partial charge is 0.207 e. The molecule has 0 radical (unpaired) electrons. The van der Waals surface area contributed by atoms with Crippen LogP contribution in [-0.4, -0.2) is 0 Å². The van der Waals surface area contributed by atoms with E-state index in [2.05, 4.69) is 0 Å². The van der Waals surface area contributed by atoms with Crippen molar-refractivity contribution in [3.05, 3.63) is 35.6 Å². The number of nitriles is 1. The highest BCUT2D eigenvalue weighted by Gasteiger charge is 1.90. The van der Waals surface area contributed by atoms with Crippen LogP contribution in [0.15, 0.2) is 24.2 Å². The number of benzene rings is 1. The van der Waals surface area contributed by atoms with E-state index in [0.29, 0.717) is 5.56 Å². The summed E-state index contributed by atoms with van der Waals surface area (Å²) < 4.78 is 19.6. The van der Waals surface area contributed by atoms with E-state index in [0.717, 1.165) is 6.07 Å². The molecule has 1 aromatic rings. The van der Waals surface area contributed by atoms with Gasteiger partial charge in [0, 0.05) is 0 Å². The van der Waals surface area contributed by atoms with Crippen LogP contribution in [0, 0.1) is 17.1 Å². The molecule has 0 saturated carbocycles. The fourth-order valence-electron chi connectivity index (χ4n) is 0.633. The molecule has 10 heavy (non-hydrogen) atoms. The van der Waals surface area contributed by atoms with E-state index < -0.39 is 5.82 Å². The molecule has 1 nitrogen and oxygen atoms in total. The van der Waals surface area contributed by atoms with Crippen LogP contribution in [0.1, 0.15) is 6.93 Å². The topological polar surface area (TPSA) is 23.8 Å². The fourth-order valence-corrected chi connectivity index (χ4v) is 0.633. The van der Waals surface area contributed by atoms with Gasteiger partial charge in [0.2, 0.25) is 0 Å². The minimum absolute atomic E-state index is 0.0894. The van der Waals surface area contributed by atoms with E-state index in [1.165, 1.54) is 12.1 Å². The lowest BCUT2D eigenvalue weighted by molar-refractivity contribution is 0.627. The summed E-state index contributed by atoms with van der Waals surface area (Å²) in [6.45, 7) is 0. The Morgan fingerprint density at radius 1 is 1.60 bits per heavy atom. The van der Waals surface area contributed by atoms with Crippen LogP contribution in [0.5, 0.6) is 0 Å². The zero-order valence-electron chi connectivity index (χ0n) is 6.26. The van der Waals surface area contributed by atoms with Gasteiger partial charge in [-0.3, -0.25) is 0 Å². The molecule has 0 heterocycles. The smallest absolute Gasteiger partial charge is 0.123 e. The SMILES string of the molecule is [2H]c1cc(F)ccc1CC#N. The number of hydrogen-bond donors (Lipinski definition) is 0. The van der Waals surface area contributed by atoms with Crippen LogP contribution < -0.4 is 0 Å². The van der Waals surface area contributed by atoms with E-state index in [9.17, 15) is 4.39 Å². The Morgan fingerprint density at radius 3 is 3.00 bits per heavy atom. The predicted octanol–water partition coefficient (Wildman–Crippen LogP) is 1.89. The summed E-state index contributed by atoms with van der Waals surface area (Å²) in [5.74, 6) is -0.434. The van der Waals surface area contributed by atoms with E-state index in [4.69, 9.17) is 6.63 Å². The van der Waals surface area contributed by atoms with Gasteiger partial charge in [0.1, 0.15) is 5.82 Å². The third kappa shape index (κ3) is 1.56. The first-order valence-corrected chi connectivity index (χ1v) is 2.86. The molecule has 0 unspecified atom stereocenters. The molecule has 0 atom stereocenters. The van der Waals surface area contributed by atoms with Crippen molar-refractivity contribution in [3.63, 3.8) is 0 Å². The third-order valence-corrected chi connectivity index (χ3v) is 1.11. The summed E-state index contributed by atoms with van der Waals surface area (Å²) in [5, 5.41) is 8.29. The maximum absolute atomic E-state index is 12.4. The van der Waals surface area contributed by atoms with Crippen LogP contribution in [0.4, 0.5) is 4.39 Å². The van der Waals surface area contributed by atoms with Crippen LogP contribution in [-0.2, 0) is 6.42 Å². The molecule has 0 aliphatic rings. The molecule has 0 fully saturated rings. The second-order valence-electron chi connectivity index (χ2n) is 1.87. The van der Waals surface area contributed by atoms with Gasteiger partial charge in [-0.2, -0.15) is 5.26 Å². The lowest BCUT2D eigenvalue weighted by atomic mass is 10.2. The van der Waals surface area contributed by atoms with Gasteiger partial charge in [-0.05, 0) is 17.7 Å². The van der Waals surface area contributed by atoms with Crippen LogP contribution >= 0.6 is 0 Å². The fraction of sp³-hybridized carbons (Fsp3) is 0.125. The van der Waals surface area contributed by atoms with Gasteiger partial charge >= 0.3 is 0 Å². The summed E-state index contributed by atoms with van der Waals surface area (Å²) in [4.78, 5) is 0. The summed E-state index contributed by atoms with van der Waals surface area (Å²) in [6.07, 6.45) is 0.166. The lowest BCUT2D eigenvalue weighted by Gasteiger charge is -1.90. The number of hydrogen-bond acceptors (Lipinski definition) is 1. The van der Waals surface area contributed by atoms with Crippen molar-refractivity contribution >= 4 is 0 Å². The van der Waals surface area contributed by atoms with Crippen molar-refractivity contribution in [3.8, 4) is 6.07 Å². The Kier molecular flexibility index (Phi) is 1.61. The predicted molar refractivity (Wildman–Crippen MR) is 35.7 cm³/mol. The van der Waals surface area contributed by atoms with Gasteiger partial charge in [0.05, 0.1) is 13.9 Å². The van der Waals surface area contributed by atoms with Crippen molar-refractivity contribution in [1.82, 2.24) is 0 Å². The zero-order valence-corrected chi connectivity index (χ0v) is 5.26. The summed E-state index contributed by atoms with van der Waals surface area (Å²) in [6, 6.07) is 5.81. The number of nitrogens with zero attached hydrogens (tertiary/aromatic N) is 1. The standard InChI is InChI=1S/C8H6FN/c9-8-3-1-7(2-4-8)5-6-10/h1-4H,5H2/i1D. The zero-order chi connectivity index (χ0) is 8.27. The Bertz CT molecular complexity index is 303. The number of rotatable bonds is 1. The van der Waals surface area contributed by atoms with E-state index in [-0.39, 0.29) is 12.5 Å².